The number of amides is 3. The Bertz CT molecular complexity index is 1100. The first kappa shape index (κ1) is 23.4. The molecule has 34 heavy (non-hydrogen) atoms. The summed E-state index contributed by atoms with van der Waals surface area (Å²) < 4.78 is 0. The number of hydrazone groups is 1. The van der Waals surface area contributed by atoms with Crippen LogP contribution in [0.5, 0.6) is 0 Å². The van der Waals surface area contributed by atoms with Gasteiger partial charge in [0, 0.05) is 25.3 Å². The maximum absolute atomic E-state index is 12.9. The number of carbonyl (C=O) groups excluding carboxylic acids is 2. The van der Waals surface area contributed by atoms with E-state index >= 15 is 0 Å². The second kappa shape index (κ2) is 10.0. The molecule has 1 atom stereocenters. The quantitative estimate of drug-likeness (QED) is 0.172. The van der Waals surface area contributed by atoms with Crippen LogP contribution in [0.25, 0.3) is 0 Å². The lowest BCUT2D eigenvalue weighted by atomic mass is 10.0. The Morgan fingerprint density at radius 2 is 2.12 bits per heavy atom. The molecule has 1 aliphatic carbocycles. The standard InChI is InChI=1S/C22H29N9O3/c1-13(12-32)31(24)20(29-23)17-3-2-4-19(27-17)28-21(33)18-9-15-11-30(8-7-14(15)10-25-18)22(34)26-16-5-6-16/h2-4,9-10,13,16,32H,5-8,11-12,23-24H2,1H3,(H,26,34)(H,27,28,33)/b29-20-. The molecule has 1 fully saturated rings. The molecule has 0 bridgehead atoms. The van der Waals surface area contributed by atoms with Crippen LogP contribution in [0.2, 0.25) is 0 Å². The van der Waals surface area contributed by atoms with Crippen LogP contribution in [-0.2, 0) is 13.0 Å². The molecule has 0 radical (unpaired) electrons. The number of nitrogens with two attached hydrogens (primary N) is 2. The number of nitrogens with zero attached hydrogens (tertiary/aromatic N) is 5. The third-order valence-electron chi connectivity index (χ3n) is 5.85. The summed E-state index contributed by atoms with van der Waals surface area (Å²) in [4.78, 5) is 35.7. The number of carbonyl (C=O) groups is 2. The van der Waals surface area contributed by atoms with E-state index in [0.717, 1.165) is 24.0 Å². The van der Waals surface area contributed by atoms with E-state index in [1.807, 2.05) is 0 Å². The van der Waals surface area contributed by atoms with Gasteiger partial charge in [-0.1, -0.05) is 6.07 Å². The Morgan fingerprint density at radius 3 is 2.82 bits per heavy atom. The fraction of sp³-hybridized carbons (Fsp3) is 0.409. The van der Waals surface area contributed by atoms with Gasteiger partial charge in [0.2, 0.25) is 0 Å². The molecule has 180 valence electrons. The number of nitrogens with one attached hydrogen (secondary N) is 2. The molecule has 3 heterocycles. The molecule has 7 N–H and O–H groups in total. The Kier molecular flexibility index (Phi) is 6.89. The number of hydrogen-bond donors (Lipinski definition) is 5. The van der Waals surface area contributed by atoms with E-state index in [4.69, 9.17) is 11.7 Å². The van der Waals surface area contributed by atoms with Crippen molar-refractivity contribution in [1.29, 1.82) is 0 Å². The fourth-order valence-corrected chi connectivity index (χ4v) is 3.60. The van der Waals surface area contributed by atoms with Crippen LogP contribution in [-0.4, -0.2) is 68.0 Å². The largest absolute Gasteiger partial charge is 0.394 e. The molecule has 1 saturated carbocycles. The highest BCUT2D eigenvalue weighted by Gasteiger charge is 2.28. The van der Waals surface area contributed by atoms with Crippen LogP contribution in [0.4, 0.5) is 10.6 Å². The predicted octanol–water partition coefficient (Wildman–Crippen LogP) is 0.136. The highest BCUT2D eigenvalue weighted by Crippen LogP contribution is 2.22. The first-order valence-corrected chi connectivity index (χ1v) is 11.1. The highest BCUT2D eigenvalue weighted by molar-refractivity contribution is 6.03. The molecule has 12 nitrogen and oxygen atoms in total. The zero-order chi connectivity index (χ0) is 24.2. The molecular formula is C22H29N9O3. The van der Waals surface area contributed by atoms with Crippen molar-refractivity contribution >= 4 is 23.6 Å². The Labute approximate surface area is 197 Å². The number of hydrazine groups is 1. The van der Waals surface area contributed by atoms with Gasteiger partial charge in [0.05, 0.1) is 12.6 Å². The first-order valence-electron chi connectivity index (χ1n) is 11.1. The van der Waals surface area contributed by atoms with Gasteiger partial charge in [0.1, 0.15) is 17.2 Å². The van der Waals surface area contributed by atoms with Crippen molar-refractivity contribution in [2.75, 3.05) is 18.5 Å². The van der Waals surface area contributed by atoms with Crippen molar-refractivity contribution in [2.24, 2.45) is 16.8 Å². The molecule has 1 unspecified atom stereocenters. The Balaban J connectivity index is 1.46. The molecule has 4 rings (SSSR count). The summed E-state index contributed by atoms with van der Waals surface area (Å²) in [5, 5.41) is 20.0. The summed E-state index contributed by atoms with van der Waals surface area (Å²) in [5.74, 6) is 11.4. The van der Waals surface area contributed by atoms with Gasteiger partial charge in [-0.2, -0.15) is 5.10 Å². The average molecular weight is 468 g/mol. The lowest BCUT2D eigenvalue weighted by molar-refractivity contribution is 0.102. The highest BCUT2D eigenvalue weighted by atomic mass is 16.3. The van der Waals surface area contributed by atoms with Crippen LogP contribution in [0.15, 0.2) is 35.6 Å². The monoisotopic (exact) mass is 467 g/mol. The van der Waals surface area contributed by atoms with Crippen LogP contribution in [0, 0.1) is 0 Å². The minimum Gasteiger partial charge on any atom is -0.394 e. The van der Waals surface area contributed by atoms with Crippen molar-refractivity contribution in [3.63, 3.8) is 0 Å². The summed E-state index contributed by atoms with van der Waals surface area (Å²) in [6, 6.07) is 6.43. The maximum atomic E-state index is 12.9. The number of aliphatic hydroxyl groups is 1. The maximum Gasteiger partial charge on any atom is 0.317 e. The normalized spacial score (nSPS) is 16.4. The fourth-order valence-electron chi connectivity index (χ4n) is 3.60. The topological polar surface area (TPSA) is 175 Å². The Hall–Kier alpha value is -3.77. The minimum absolute atomic E-state index is 0.0705. The number of urea groups is 1. The van der Waals surface area contributed by atoms with E-state index in [1.54, 1.807) is 42.3 Å². The molecule has 0 aromatic carbocycles. The second-order valence-electron chi connectivity index (χ2n) is 8.49. The summed E-state index contributed by atoms with van der Waals surface area (Å²) >= 11 is 0. The van der Waals surface area contributed by atoms with E-state index in [9.17, 15) is 14.7 Å². The molecule has 3 amide bonds. The number of fused-ring (bicyclic) bond motifs is 1. The van der Waals surface area contributed by atoms with Crippen molar-refractivity contribution in [3.8, 4) is 0 Å². The smallest absolute Gasteiger partial charge is 0.317 e. The lowest BCUT2D eigenvalue weighted by Gasteiger charge is -2.29. The molecule has 2 aliphatic rings. The summed E-state index contributed by atoms with van der Waals surface area (Å²) in [6.07, 6.45) is 4.44. The van der Waals surface area contributed by atoms with Crippen molar-refractivity contribution in [1.82, 2.24) is 25.2 Å². The van der Waals surface area contributed by atoms with Gasteiger partial charge in [-0.3, -0.25) is 14.8 Å². The molecule has 1 aliphatic heterocycles. The molecule has 0 saturated heterocycles. The molecule has 2 aromatic rings. The molecule has 2 aromatic heterocycles. The zero-order valence-corrected chi connectivity index (χ0v) is 18.9. The Morgan fingerprint density at radius 1 is 1.32 bits per heavy atom. The van der Waals surface area contributed by atoms with Gasteiger partial charge in [-0.25, -0.2) is 15.6 Å². The summed E-state index contributed by atoms with van der Waals surface area (Å²) in [5.41, 5.74) is 2.47. The zero-order valence-electron chi connectivity index (χ0n) is 18.9. The number of rotatable bonds is 6. The van der Waals surface area contributed by atoms with E-state index in [-0.39, 0.29) is 30.0 Å². The van der Waals surface area contributed by atoms with Gasteiger partial charge < -0.3 is 26.5 Å². The van der Waals surface area contributed by atoms with Crippen LogP contribution >= 0.6 is 0 Å². The van der Waals surface area contributed by atoms with Gasteiger partial charge in [0.25, 0.3) is 5.91 Å². The first-order chi connectivity index (χ1) is 16.4. The number of aromatic nitrogens is 2. The predicted molar refractivity (Wildman–Crippen MR) is 125 cm³/mol. The molecule has 12 heteroatoms. The SMILES string of the molecule is CC(CO)N(N)/C(=N\N)c1cccc(NC(=O)c2cc3c(cn2)CCN(C(=O)NC2CC2)C3)n1. The van der Waals surface area contributed by atoms with E-state index in [1.165, 1.54) is 5.01 Å². The number of amidine groups is 1. The summed E-state index contributed by atoms with van der Waals surface area (Å²) in [7, 11) is 0. The minimum atomic E-state index is -0.438. The molecular weight excluding hydrogens is 438 g/mol. The van der Waals surface area contributed by atoms with E-state index < -0.39 is 11.9 Å². The van der Waals surface area contributed by atoms with E-state index in [0.29, 0.717) is 31.2 Å². The van der Waals surface area contributed by atoms with Crippen LogP contribution in [0.1, 0.15) is 47.1 Å². The number of aliphatic hydroxyl groups excluding tert-OH is 1. The van der Waals surface area contributed by atoms with Crippen molar-refractivity contribution in [2.45, 2.75) is 44.8 Å². The van der Waals surface area contributed by atoms with Gasteiger partial charge in [-0.15, -0.1) is 0 Å². The van der Waals surface area contributed by atoms with Gasteiger partial charge in [-0.05, 0) is 55.5 Å². The molecule has 0 spiro atoms. The van der Waals surface area contributed by atoms with Gasteiger partial charge >= 0.3 is 6.03 Å². The van der Waals surface area contributed by atoms with E-state index in [2.05, 4.69) is 25.7 Å². The number of anilines is 1. The van der Waals surface area contributed by atoms with Crippen molar-refractivity contribution < 1.29 is 14.7 Å². The summed E-state index contributed by atoms with van der Waals surface area (Å²) in [6.45, 7) is 2.55. The average Bonchev–Trinajstić information content (AvgIpc) is 3.67. The van der Waals surface area contributed by atoms with Gasteiger partial charge in [0.15, 0.2) is 5.84 Å². The second-order valence-corrected chi connectivity index (χ2v) is 8.49. The third-order valence-corrected chi connectivity index (χ3v) is 5.85. The van der Waals surface area contributed by atoms with Crippen LogP contribution in [0.3, 0.4) is 0 Å². The number of pyridine rings is 2. The lowest BCUT2D eigenvalue weighted by Crippen LogP contribution is -2.47. The van der Waals surface area contributed by atoms with Crippen molar-refractivity contribution in [3.05, 3.63) is 53.0 Å². The third kappa shape index (κ3) is 5.24. The van der Waals surface area contributed by atoms with Crippen LogP contribution < -0.4 is 22.3 Å². The number of hydrogen-bond acceptors (Lipinski definition) is 8.